The monoisotopic (exact) mass is 293 g/mol. The summed E-state index contributed by atoms with van der Waals surface area (Å²) in [5.74, 6) is 0.540. The van der Waals surface area contributed by atoms with Gasteiger partial charge < -0.3 is 10.6 Å². The smallest absolute Gasteiger partial charge is 0.225 e. The molecular weight excluding hydrogens is 270 g/mol. The minimum atomic E-state index is -0.429. The Bertz CT molecular complexity index is 525. The second kappa shape index (κ2) is 6.71. The summed E-state index contributed by atoms with van der Waals surface area (Å²) in [4.78, 5) is 23.6. The lowest BCUT2D eigenvalue weighted by atomic mass is 10.1. The highest BCUT2D eigenvalue weighted by Gasteiger charge is 2.27. The maximum Gasteiger partial charge on any atom is 0.225 e. The number of aromatic nitrogens is 2. The van der Waals surface area contributed by atoms with Crippen LogP contribution in [0.5, 0.6) is 0 Å². The molecule has 1 fully saturated rings. The molecule has 2 rings (SSSR count). The van der Waals surface area contributed by atoms with Crippen LogP contribution in [0.15, 0.2) is 6.07 Å². The number of anilines is 1. The zero-order chi connectivity index (χ0) is 15.4. The van der Waals surface area contributed by atoms with Gasteiger partial charge >= 0.3 is 0 Å². The molecule has 1 saturated heterocycles. The van der Waals surface area contributed by atoms with Gasteiger partial charge in [-0.15, -0.1) is 0 Å². The summed E-state index contributed by atoms with van der Waals surface area (Å²) in [6.45, 7) is 5.84. The van der Waals surface area contributed by atoms with Crippen LogP contribution in [0.25, 0.3) is 0 Å². The summed E-state index contributed by atoms with van der Waals surface area (Å²) in [7, 11) is 0. The van der Waals surface area contributed by atoms with Gasteiger partial charge in [-0.2, -0.15) is 5.10 Å². The Morgan fingerprint density at radius 3 is 2.95 bits per heavy atom. The number of rotatable bonds is 5. The van der Waals surface area contributed by atoms with Crippen molar-refractivity contribution in [2.24, 2.45) is 0 Å². The van der Waals surface area contributed by atoms with E-state index in [0.29, 0.717) is 18.7 Å². The van der Waals surface area contributed by atoms with E-state index in [9.17, 15) is 9.59 Å². The number of aryl methyl sites for hydroxylation is 1. The number of carbonyl (C=O) groups is 2. The van der Waals surface area contributed by atoms with Crippen molar-refractivity contribution in [3.05, 3.63) is 11.8 Å². The summed E-state index contributed by atoms with van der Waals surface area (Å²) in [6.07, 6.45) is 2.15. The molecule has 2 atom stereocenters. The van der Waals surface area contributed by atoms with E-state index in [-0.39, 0.29) is 17.9 Å². The Morgan fingerprint density at radius 1 is 1.52 bits per heavy atom. The maximum absolute atomic E-state index is 11.8. The summed E-state index contributed by atoms with van der Waals surface area (Å²) in [6, 6.07) is 1.92. The Balaban J connectivity index is 2.18. The van der Waals surface area contributed by atoms with E-state index in [2.05, 4.69) is 21.0 Å². The zero-order valence-corrected chi connectivity index (χ0v) is 12.8. The lowest BCUT2D eigenvalue weighted by Crippen LogP contribution is -2.53. The van der Waals surface area contributed by atoms with Gasteiger partial charge in [0.2, 0.25) is 11.8 Å². The fourth-order valence-corrected chi connectivity index (χ4v) is 2.39. The Hall–Kier alpha value is -1.89. The predicted molar refractivity (Wildman–Crippen MR) is 79.5 cm³/mol. The number of amides is 2. The molecule has 1 aliphatic heterocycles. The van der Waals surface area contributed by atoms with Crippen LogP contribution >= 0.6 is 0 Å². The van der Waals surface area contributed by atoms with E-state index >= 15 is 0 Å². The number of hydrogen-bond donors (Lipinski definition) is 3. The van der Waals surface area contributed by atoms with E-state index in [4.69, 9.17) is 0 Å². The van der Waals surface area contributed by atoms with Gasteiger partial charge in [-0.25, -0.2) is 4.68 Å². The first-order valence-electron chi connectivity index (χ1n) is 7.44. The molecule has 0 aromatic carbocycles. The van der Waals surface area contributed by atoms with Crippen LogP contribution in [0.3, 0.4) is 0 Å². The lowest BCUT2D eigenvalue weighted by Gasteiger charge is -2.31. The average molecular weight is 293 g/mol. The first-order valence-corrected chi connectivity index (χ1v) is 7.44. The van der Waals surface area contributed by atoms with Gasteiger partial charge in [0.05, 0.1) is 5.69 Å². The van der Waals surface area contributed by atoms with E-state index in [1.165, 1.54) is 0 Å². The van der Waals surface area contributed by atoms with Crippen molar-refractivity contribution in [2.75, 3.05) is 5.32 Å². The summed E-state index contributed by atoms with van der Waals surface area (Å²) in [5, 5.41) is 13.4. The van der Waals surface area contributed by atoms with Crippen LogP contribution in [0.1, 0.15) is 51.5 Å². The summed E-state index contributed by atoms with van der Waals surface area (Å²) >= 11 is 0. The van der Waals surface area contributed by atoms with Gasteiger partial charge in [0.15, 0.2) is 6.29 Å². The molecule has 21 heavy (non-hydrogen) atoms. The second-order valence-corrected chi connectivity index (χ2v) is 5.36. The van der Waals surface area contributed by atoms with Crippen molar-refractivity contribution in [3.8, 4) is 0 Å². The maximum atomic E-state index is 11.8. The first kappa shape index (κ1) is 15.5. The highest BCUT2D eigenvalue weighted by molar-refractivity contribution is 5.89. The lowest BCUT2D eigenvalue weighted by molar-refractivity contribution is -0.125. The van der Waals surface area contributed by atoms with E-state index in [0.717, 1.165) is 18.5 Å². The third-order valence-corrected chi connectivity index (χ3v) is 3.46. The van der Waals surface area contributed by atoms with E-state index in [1.807, 2.05) is 20.8 Å². The molecule has 116 valence electrons. The predicted octanol–water partition coefficient (Wildman–Crippen LogP) is 1.27. The van der Waals surface area contributed by atoms with Gasteiger partial charge in [-0.3, -0.25) is 14.9 Å². The van der Waals surface area contributed by atoms with Gasteiger partial charge in [-0.1, -0.05) is 13.8 Å². The fourth-order valence-electron chi connectivity index (χ4n) is 2.39. The third-order valence-electron chi connectivity index (χ3n) is 3.46. The fraction of sp³-hybridized carbons (Fsp3) is 0.643. The average Bonchev–Trinajstić information content (AvgIpc) is 2.79. The Labute approximate surface area is 124 Å². The zero-order valence-electron chi connectivity index (χ0n) is 12.8. The SMILES string of the molecule is CCCC(=O)Nc1cc(C)nn1C1NC(=O)CC(CC)N1. The largest absolute Gasteiger partial charge is 0.322 e. The highest BCUT2D eigenvalue weighted by atomic mass is 16.2. The molecule has 0 radical (unpaired) electrons. The van der Waals surface area contributed by atoms with Crippen molar-refractivity contribution in [1.29, 1.82) is 0 Å². The Morgan fingerprint density at radius 2 is 2.29 bits per heavy atom. The second-order valence-electron chi connectivity index (χ2n) is 5.36. The molecule has 0 bridgehead atoms. The van der Waals surface area contributed by atoms with Crippen molar-refractivity contribution in [3.63, 3.8) is 0 Å². The Kier molecular flexibility index (Phi) is 4.95. The molecule has 2 amide bonds. The molecule has 7 heteroatoms. The molecule has 0 saturated carbocycles. The number of nitrogens with zero attached hydrogens (tertiary/aromatic N) is 2. The normalized spacial score (nSPS) is 22.0. The van der Waals surface area contributed by atoms with Gasteiger partial charge in [0.1, 0.15) is 5.82 Å². The van der Waals surface area contributed by atoms with E-state index in [1.54, 1.807) is 10.7 Å². The number of carbonyl (C=O) groups excluding carboxylic acids is 2. The molecule has 3 N–H and O–H groups in total. The molecule has 0 spiro atoms. The van der Waals surface area contributed by atoms with Crippen molar-refractivity contribution in [1.82, 2.24) is 20.4 Å². The quantitative estimate of drug-likeness (QED) is 0.763. The topological polar surface area (TPSA) is 88.1 Å². The molecule has 0 aliphatic carbocycles. The van der Waals surface area contributed by atoms with Crippen molar-refractivity contribution in [2.45, 2.75) is 58.8 Å². The molecule has 1 aromatic heterocycles. The third kappa shape index (κ3) is 3.81. The van der Waals surface area contributed by atoms with Crippen LogP contribution in [-0.4, -0.2) is 27.6 Å². The number of nitrogens with one attached hydrogen (secondary N) is 3. The first-order chi connectivity index (χ1) is 10.0. The van der Waals surface area contributed by atoms with Crippen LogP contribution in [0.4, 0.5) is 5.82 Å². The summed E-state index contributed by atoms with van der Waals surface area (Å²) in [5.41, 5.74) is 0.788. The molecule has 2 unspecified atom stereocenters. The molecule has 7 nitrogen and oxygen atoms in total. The molecular formula is C14H23N5O2. The minimum Gasteiger partial charge on any atom is -0.322 e. The van der Waals surface area contributed by atoms with Gasteiger partial charge in [0, 0.05) is 24.9 Å². The van der Waals surface area contributed by atoms with Crippen molar-refractivity contribution >= 4 is 17.6 Å². The molecule has 2 heterocycles. The van der Waals surface area contributed by atoms with Gasteiger partial charge in [-0.05, 0) is 19.8 Å². The molecule has 1 aliphatic rings. The van der Waals surface area contributed by atoms with Crippen LogP contribution in [0.2, 0.25) is 0 Å². The van der Waals surface area contributed by atoms with E-state index < -0.39 is 6.29 Å². The van der Waals surface area contributed by atoms with Crippen molar-refractivity contribution < 1.29 is 9.59 Å². The van der Waals surface area contributed by atoms with Crippen LogP contribution in [-0.2, 0) is 9.59 Å². The summed E-state index contributed by atoms with van der Waals surface area (Å²) < 4.78 is 1.63. The van der Waals surface area contributed by atoms with Crippen LogP contribution < -0.4 is 16.0 Å². The standard InChI is InChI=1S/C14H23N5O2/c1-4-6-12(20)16-11-7-9(3)18-19(11)14-15-10(5-2)8-13(21)17-14/h7,10,14-15H,4-6,8H2,1-3H3,(H,16,20)(H,17,21). The minimum absolute atomic E-state index is 0.00964. The highest BCUT2D eigenvalue weighted by Crippen LogP contribution is 2.18. The number of hydrogen-bond acceptors (Lipinski definition) is 4. The molecule has 1 aromatic rings. The van der Waals surface area contributed by atoms with Crippen LogP contribution in [0, 0.1) is 6.92 Å². The van der Waals surface area contributed by atoms with Gasteiger partial charge in [0.25, 0.3) is 0 Å².